The molecule has 5 nitrogen and oxygen atoms in total. The van der Waals surface area contributed by atoms with E-state index in [0.29, 0.717) is 31.6 Å². The number of carbonyl (C=O) groups is 2. The highest BCUT2D eigenvalue weighted by Crippen LogP contribution is 2.24. The van der Waals surface area contributed by atoms with Crippen molar-refractivity contribution in [2.75, 3.05) is 26.3 Å². The van der Waals surface area contributed by atoms with Gasteiger partial charge in [0.2, 0.25) is 0 Å². The molecule has 0 aromatic carbocycles. The quantitative estimate of drug-likeness (QED) is 0.0466. The first-order valence-electron chi connectivity index (χ1n) is 23.0. The van der Waals surface area contributed by atoms with E-state index in [1.807, 2.05) is 0 Å². The zero-order valence-corrected chi connectivity index (χ0v) is 35.6. The van der Waals surface area contributed by atoms with Crippen LogP contribution in [0.2, 0.25) is 0 Å². The molecule has 0 aliphatic carbocycles. The van der Waals surface area contributed by atoms with E-state index < -0.39 is 0 Å². The summed E-state index contributed by atoms with van der Waals surface area (Å²) in [7, 11) is 0. The summed E-state index contributed by atoms with van der Waals surface area (Å²) in [5.74, 6) is 0.853. The minimum atomic E-state index is 0.00864. The van der Waals surface area contributed by atoms with Gasteiger partial charge in [-0.2, -0.15) is 0 Å². The largest absolute Gasteiger partial charge is 0.466 e. The predicted molar refractivity (Wildman–Crippen MR) is 221 cm³/mol. The normalized spacial score (nSPS) is 12.9. The molecule has 0 saturated heterocycles. The lowest BCUT2D eigenvalue weighted by Crippen LogP contribution is -2.34. The maximum Gasteiger partial charge on any atom is 0.308 e. The van der Waals surface area contributed by atoms with Gasteiger partial charge in [-0.25, -0.2) is 0 Å². The third-order valence-corrected chi connectivity index (χ3v) is 11.2. The number of carbonyl (C=O) groups excluding carboxylic acids is 2. The van der Waals surface area contributed by atoms with Gasteiger partial charge in [0, 0.05) is 12.5 Å². The van der Waals surface area contributed by atoms with Crippen LogP contribution in [0.1, 0.15) is 241 Å². The van der Waals surface area contributed by atoms with E-state index in [4.69, 9.17) is 9.47 Å². The molecular formula is C46H91NO4. The van der Waals surface area contributed by atoms with Crippen molar-refractivity contribution >= 4 is 11.9 Å². The number of nitrogens with zero attached hydrogens (tertiary/aromatic N) is 1. The minimum Gasteiger partial charge on any atom is -0.466 e. The standard InChI is InChI=1S/C46H91NO4/c1-7-12-16-20-21-27-35-44(34-26-19-15-10-4)46(49)51-41-31-23-29-39-47(42(6)11-5)38-28-22-30-40-50-45(48)37-36-43(32-24-17-13-8-2)33-25-18-14-9-3/h42-44H,7-41H2,1-6H3. The van der Waals surface area contributed by atoms with Crippen molar-refractivity contribution < 1.29 is 19.1 Å². The molecule has 0 N–H and O–H groups in total. The fourth-order valence-corrected chi connectivity index (χ4v) is 7.39. The van der Waals surface area contributed by atoms with Gasteiger partial charge in [-0.3, -0.25) is 9.59 Å². The van der Waals surface area contributed by atoms with Crippen LogP contribution in [-0.4, -0.2) is 49.2 Å². The van der Waals surface area contributed by atoms with Crippen molar-refractivity contribution in [2.24, 2.45) is 11.8 Å². The molecule has 0 aromatic heterocycles. The molecule has 0 aromatic rings. The Bertz CT molecular complexity index is 731. The Labute approximate surface area is 319 Å². The lowest BCUT2D eigenvalue weighted by molar-refractivity contribution is -0.149. The average Bonchev–Trinajstić information content (AvgIpc) is 3.14. The fraction of sp³-hybridized carbons (Fsp3) is 0.957. The van der Waals surface area contributed by atoms with Crippen molar-refractivity contribution in [1.82, 2.24) is 4.90 Å². The minimum absolute atomic E-state index is 0.00864. The van der Waals surface area contributed by atoms with Crippen LogP contribution in [0.5, 0.6) is 0 Å². The van der Waals surface area contributed by atoms with E-state index in [2.05, 4.69) is 46.4 Å². The molecule has 0 fully saturated rings. The van der Waals surface area contributed by atoms with E-state index >= 15 is 0 Å². The number of esters is 2. The van der Waals surface area contributed by atoms with Crippen LogP contribution >= 0.6 is 0 Å². The maximum atomic E-state index is 13.0. The summed E-state index contributed by atoms with van der Waals surface area (Å²) in [6.45, 7) is 17.0. The first-order valence-corrected chi connectivity index (χ1v) is 23.0. The molecule has 0 saturated carbocycles. The summed E-state index contributed by atoms with van der Waals surface area (Å²) in [5.41, 5.74) is 0. The lowest BCUT2D eigenvalue weighted by atomic mass is 9.90. The summed E-state index contributed by atoms with van der Waals surface area (Å²) < 4.78 is 11.5. The van der Waals surface area contributed by atoms with Gasteiger partial charge in [0.15, 0.2) is 0 Å². The molecule has 304 valence electrons. The van der Waals surface area contributed by atoms with Crippen LogP contribution in [0.25, 0.3) is 0 Å². The van der Waals surface area contributed by atoms with Crippen molar-refractivity contribution in [1.29, 1.82) is 0 Å². The highest BCUT2D eigenvalue weighted by atomic mass is 16.5. The number of ether oxygens (including phenoxy) is 2. The second kappa shape index (κ2) is 38.6. The molecule has 0 amide bonds. The van der Waals surface area contributed by atoms with Crippen LogP contribution < -0.4 is 0 Å². The Kier molecular flexibility index (Phi) is 37.8. The summed E-state index contributed by atoms with van der Waals surface area (Å²) in [5, 5.41) is 0. The van der Waals surface area contributed by atoms with Crippen LogP contribution in [0, 0.1) is 11.8 Å². The van der Waals surface area contributed by atoms with Gasteiger partial charge in [0.25, 0.3) is 0 Å². The van der Waals surface area contributed by atoms with Crippen molar-refractivity contribution in [2.45, 2.75) is 247 Å². The molecule has 0 bridgehead atoms. The number of unbranched alkanes of at least 4 members (excludes halogenated alkanes) is 18. The Hall–Kier alpha value is -1.10. The van der Waals surface area contributed by atoms with Gasteiger partial charge in [-0.15, -0.1) is 0 Å². The Morgan fingerprint density at radius 2 is 0.882 bits per heavy atom. The first-order chi connectivity index (χ1) is 24.9. The van der Waals surface area contributed by atoms with Crippen LogP contribution in [-0.2, 0) is 19.1 Å². The molecule has 0 spiro atoms. The fourth-order valence-electron chi connectivity index (χ4n) is 7.39. The number of rotatable bonds is 40. The summed E-state index contributed by atoms with van der Waals surface area (Å²) in [6, 6.07) is 0.577. The monoisotopic (exact) mass is 722 g/mol. The molecule has 0 aliphatic rings. The van der Waals surface area contributed by atoms with Gasteiger partial charge in [-0.1, -0.05) is 163 Å². The zero-order chi connectivity index (χ0) is 37.6. The van der Waals surface area contributed by atoms with Crippen LogP contribution in [0.3, 0.4) is 0 Å². The topological polar surface area (TPSA) is 55.8 Å². The molecule has 5 heteroatoms. The smallest absolute Gasteiger partial charge is 0.308 e. The third-order valence-electron chi connectivity index (χ3n) is 11.2. The second-order valence-electron chi connectivity index (χ2n) is 16.0. The highest BCUT2D eigenvalue weighted by molar-refractivity contribution is 5.72. The van der Waals surface area contributed by atoms with Gasteiger partial charge in [-0.05, 0) is 90.1 Å². The molecule has 0 heterocycles. The lowest BCUT2D eigenvalue weighted by Gasteiger charge is -2.28. The van der Waals surface area contributed by atoms with E-state index in [1.54, 1.807) is 0 Å². The summed E-state index contributed by atoms with van der Waals surface area (Å²) in [6.07, 6.45) is 36.8. The molecule has 2 atom stereocenters. The molecule has 0 radical (unpaired) electrons. The van der Waals surface area contributed by atoms with Crippen LogP contribution in [0.4, 0.5) is 0 Å². The number of hydrogen-bond acceptors (Lipinski definition) is 5. The van der Waals surface area contributed by atoms with Gasteiger partial charge in [0.05, 0.1) is 19.1 Å². The second-order valence-corrected chi connectivity index (χ2v) is 16.0. The van der Waals surface area contributed by atoms with Gasteiger partial charge in [0.1, 0.15) is 0 Å². The van der Waals surface area contributed by atoms with Gasteiger partial charge >= 0.3 is 11.9 Å². The Morgan fingerprint density at radius 1 is 0.471 bits per heavy atom. The first kappa shape index (κ1) is 49.9. The molecule has 0 rings (SSSR count). The predicted octanol–water partition coefficient (Wildman–Crippen LogP) is 14.2. The Balaban J connectivity index is 4.30. The third kappa shape index (κ3) is 32.1. The van der Waals surface area contributed by atoms with Crippen molar-refractivity contribution in [3.05, 3.63) is 0 Å². The molecule has 51 heavy (non-hydrogen) atoms. The zero-order valence-electron chi connectivity index (χ0n) is 35.6. The highest BCUT2D eigenvalue weighted by Gasteiger charge is 2.19. The van der Waals surface area contributed by atoms with Gasteiger partial charge < -0.3 is 14.4 Å². The SMILES string of the molecule is CCCCCCCCC(CCCCCC)C(=O)OCCCCCN(CCCCCOC(=O)CCC(CCCCCC)CCCCCC)C(C)CC. The molecule has 2 unspecified atom stereocenters. The summed E-state index contributed by atoms with van der Waals surface area (Å²) in [4.78, 5) is 28.1. The molecule has 0 aliphatic heterocycles. The van der Waals surface area contributed by atoms with E-state index in [1.165, 1.54) is 116 Å². The summed E-state index contributed by atoms with van der Waals surface area (Å²) >= 11 is 0. The van der Waals surface area contributed by atoms with E-state index in [0.717, 1.165) is 90.1 Å². The molecular weight excluding hydrogens is 631 g/mol. The maximum absolute atomic E-state index is 13.0. The van der Waals surface area contributed by atoms with Crippen LogP contribution in [0.15, 0.2) is 0 Å². The van der Waals surface area contributed by atoms with E-state index in [9.17, 15) is 9.59 Å². The van der Waals surface area contributed by atoms with Crippen molar-refractivity contribution in [3.63, 3.8) is 0 Å². The van der Waals surface area contributed by atoms with E-state index in [-0.39, 0.29) is 17.9 Å². The van der Waals surface area contributed by atoms with Crippen molar-refractivity contribution in [3.8, 4) is 0 Å². The number of hydrogen-bond donors (Lipinski definition) is 0. The average molecular weight is 722 g/mol. The Morgan fingerprint density at radius 3 is 1.37 bits per heavy atom.